The highest BCUT2D eigenvalue weighted by Gasteiger charge is 2.34. The van der Waals surface area contributed by atoms with E-state index in [0.717, 1.165) is 38.0 Å². The van der Waals surface area contributed by atoms with Gasteiger partial charge in [-0.2, -0.15) is 0 Å². The predicted octanol–water partition coefficient (Wildman–Crippen LogP) is 6.11. The molecule has 1 heterocycles. The minimum Gasteiger partial charge on any atom is -0.399 e. The maximum absolute atomic E-state index is 6.05. The average molecular weight is 360 g/mol. The number of nitrogens with two attached hydrogens (primary N) is 1. The van der Waals surface area contributed by atoms with Gasteiger partial charge in [0.1, 0.15) is 0 Å². The number of anilines is 1. The molecule has 0 aliphatic carbocycles. The second-order valence-corrected chi connectivity index (χ2v) is 8.82. The number of allylic oxidation sites excluding steroid dienone is 1. The second kappa shape index (κ2) is 8.58. The fraction of sp³-hybridized carbons (Fsp3) is 0.652. The average Bonchev–Trinajstić information content (AvgIpc) is 2.94. The van der Waals surface area contributed by atoms with E-state index in [9.17, 15) is 0 Å². The summed E-state index contributed by atoms with van der Waals surface area (Å²) in [5, 5.41) is 0. The maximum Gasteiger partial charge on any atom is 0.165 e. The summed E-state index contributed by atoms with van der Waals surface area (Å²) in [6.45, 7) is 13.9. The summed E-state index contributed by atoms with van der Waals surface area (Å²) < 4.78 is 11.8. The standard InChI is InChI=1S/C23H37NO2/c1-7-23(6)25-16-21(26-23)11-9-8-10-19(22(3,4)5)14-18-15-20(24)13-12-17(18)2/h12-15,21H,7-11,16,24H2,1-6H3. The fourth-order valence-corrected chi connectivity index (χ4v) is 3.37. The molecular formula is C23H37NO2. The highest BCUT2D eigenvalue weighted by Crippen LogP contribution is 2.33. The van der Waals surface area contributed by atoms with E-state index in [2.05, 4.69) is 52.8 Å². The Kier molecular flexibility index (Phi) is 6.92. The summed E-state index contributed by atoms with van der Waals surface area (Å²) in [7, 11) is 0. The Hall–Kier alpha value is -1.32. The molecule has 0 radical (unpaired) electrons. The molecule has 1 fully saturated rings. The van der Waals surface area contributed by atoms with Crippen LogP contribution in [0, 0.1) is 12.3 Å². The number of benzene rings is 1. The van der Waals surface area contributed by atoms with Gasteiger partial charge in [0, 0.05) is 5.69 Å². The second-order valence-electron chi connectivity index (χ2n) is 8.82. The fourth-order valence-electron chi connectivity index (χ4n) is 3.37. The van der Waals surface area contributed by atoms with E-state index in [1.165, 1.54) is 23.1 Å². The zero-order valence-electron chi connectivity index (χ0n) is 17.5. The van der Waals surface area contributed by atoms with Gasteiger partial charge in [0.15, 0.2) is 5.79 Å². The van der Waals surface area contributed by atoms with Crippen molar-refractivity contribution in [1.29, 1.82) is 0 Å². The van der Waals surface area contributed by atoms with Crippen LogP contribution in [0.4, 0.5) is 5.69 Å². The summed E-state index contributed by atoms with van der Waals surface area (Å²) in [5.41, 5.74) is 11.0. The topological polar surface area (TPSA) is 44.5 Å². The molecule has 0 saturated carbocycles. The third-order valence-electron chi connectivity index (χ3n) is 5.45. The number of aryl methyl sites for hydroxylation is 1. The number of nitrogen functional groups attached to an aromatic ring is 1. The predicted molar refractivity (Wildman–Crippen MR) is 111 cm³/mol. The lowest BCUT2D eigenvalue weighted by molar-refractivity contribution is -0.155. The molecule has 146 valence electrons. The van der Waals surface area contributed by atoms with Gasteiger partial charge in [-0.3, -0.25) is 0 Å². The van der Waals surface area contributed by atoms with Crippen LogP contribution in [0.15, 0.2) is 23.8 Å². The first-order chi connectivity index (χ1) is 12.1. The Morgan fingerprint density at radius 3 is 2.65 bits per heavy atom. The molecule has 0 aromatic heterocycles. The van der Waals surface area contributed by atoms with Crippen LogP contribution in [-0.4, -0.2) is 18.5 Å². The molecule has 0 spiro atoms. The molecular weight excluding hydrogens is 322 g/mol. The minimum atomic E-state index is -0.369. The van der Waals surface area contributed by atoms with E-state index in [-0.39, 0.29) is 17.3 Å². The van der Waals surface area contributed by atoms with E-state index in [1.54, 1.807) is 0 Å². The Bertz CT molecular complexity index is 630. The molecule has 2 N–H and O–H groups in total. The van der Waals surface area contributed by atoms with E-state index in [4.69, 9.17) is 15.2 Å². The summed E-state index contributed by atoms with van der Waals surface area (Å²) in [6.07, 6.45) is 8.01. The molecule has 1 aliphatic heterocycles. The van der Waals surface area contributed by atoms with Crippen molar-refractivity contribution in [3.63, 3.8) is 0 Å². The van der Waals surface area contributed by atoms with Gasteiger partial charge in [0.25, 0.3) is 0 Å². The lowest BCUT2D eigenvalue weighted by Crippen LogP contribution is -2.25. The van der Waals surface area contributed by atoms with Gasteiger partial charge in [0.05, 0.1) is 12.7 Å². The van der Waals surface area contributed by atoms with Crippen LogP contribution in [0.25, 0.3) is 6.08 Å². The molecule has 0 amide bonds. The maximum atomic E-state index is 6.05. The van der Waals surface area contributed by atoms with Crippen molar-refractivity contribution in [1.82, 2.24) is 0 Å². The molecule has 3 nitrogen and oxygen atoms in total. The Morgan fingerprint density at radius 1 is 1.31 bits per heavy atom. The zero-order chi connectivity index (χ0) is 19.4. The van der Waals surface area contributed by atoms with Gasteiger partial charge in [-0.05, 0) is 68.2 Å². The van der Waals surface area contributed by atoms with E-state index in [0.29, 0.717) is 0 Å². The van der Waals surface area contributed by atoms with Gasteiger partial charge < -0.3 is 15.2 Å². The number of hydrogen-bond donors (Lipinski definition) is 1. The molecule has 26 heavy (non-hydrogen) atoms. The van der Waals surface area contributed by atoms with Gasteiger partial charge in [-0.15, -0.1) is 0 Å². The molecule has 2 unspecified atom stereocenters. The summed E-state index contributed by atoms with van der Waals surface area (Å²) >= 11 is 0. The van der Waals surface area contributed by atoms with Crippen LogP contribution in [-0.2, 0) is 9.47 Å². The molecule has 1 aromatic carbocycles. The molecule has 1 aliphatic rings. The van der Waals surface area contributed by atoms with Gasteiger partial charge in [-0.1, -0.05) is 51.8 Å². The highest BCUT2D eigenvalue weighted by molar-refractivity contribution is 5.62. The molecule has 1 aromatic rings. The summed E-state index contributed by atoms with van der Waals surface area (Å²) in [5.74, 6) is -0.369. The van der Waals surface area contributed by atoms with E-state index in [1.807, 2.05) is 13.0 Å². The number of ether oxygens (including phenoxy) is 2. The molecule has 2 rings (SSSR count). The van der Waals surface area contributed by atoms with Crippen LogP contribution in [0.2, 0.25) is 0 Å². The van der Waals surface area contributed by atoms with Crippen LogP contribution in [0.5, 0.6) is 0 Å². The van der Waals surface area contributed by atoms with Crippen molar-refractivity contribution in [3.05, 3.63) is 34.9 Å². The number of unbranched alkanes of at least 4 members (excludes halogenated alkanes) is 1. The lowest BCUT2D eigenvalue weighted by Gasteiger charge is -2.24. The number of hydrogen-bond acceptors (Lipinski definition) is 3. The molecule has 1 saturated heterocycles. The first-order valence-electron chi connectivity index (χ1n) is 10.0. The van der Waals surface area contributed by atoms with Crippen molar-refractivity contribution in [2.24, 2.45) is 5.41 Å². The van der Waals surface area contributed by atoms with Gasteiger partial charge in [0.2, 0.25) is 0 Å². The SMILES string of the molecule is CCC1(C)OCC(CCCCC(=Cc2cc(N)ccc2C)C(C)(C)C)O1. The van der Waals surface area contributed by atoms with Gasteiger partial charge >= 0.3 is 0 Å². The Balaban J connectivity index is 1.93. The lowest BCUT2D eigenvalue weighted by atomic mass is 9.82. The van der Waals surface area contributed by atoms with Gasteiger partial charge in [-0.25, -0.2) is 0 Å². The largest absolute Gasteiger partial charge is 0.399 e. The van der Waals surface area contributed by atoms with Crippen molar-refractivity contribution in [2.45, 2.75) is 85.5 Å². The first kappa shape index (κ1) is 21.0. The monoisotopic (exact) mass is 359 g/mol. The van der Waals surface area contributed by atoms with Crippen molar-refractivity contribution in [3.8, 4) is 0 Å². The molecule has 3 heteroatoms. The highest BCUT2D eigenvalue weighted by atomic mass is 16.7. The third kappa shape index (κ3) is 5.85. The Morgan fingerprint density at radius 2 is 2.04 bits per heavy atom. The van der Waals surface area contributed by atoms with Crippen LogP contribution < -0.4 is 5.73 Å². The van der Waals surface area contributed by atoms with Crippen LogP contribution >= 0.6 is 0 Å². The van der Waals surface area contributed by atoms with Crippen molar-refractivity contribution in [2.75, 3.05) is 12.3 Å². The summed E-state index contributed by atoms with van der Waals surface area (Å²) in [4.78, 5) is 0. The number of rotatable bonds is 7. The molecule has 0 bridgehead atoms. The van der Waals surface area contributed by atoms with E-state index >= 15 is 0 Å². The first-order valence-corrected chi connectivity index (χ1v) is 10.0. The van der Waals surface area contributed by atoms with Crippen LogP contribution in [0.1, 0.15) is 77.8 Å². The smallest absolute Gasteiger partial charge is 0.165 e. The molecule has 2 atom stereocenters. The normalized spacial score (nSPS) is 24.2. The quantitative estimate of drug-likeness (QED) is 0.472. The van der Waals surface area contributed by atoms with E-state index < -0.39 is 0 Å². The van der Waals surface area contributed by atoms with Crippen LogP contribution in [0.3, 0.4) is 0 Å². The minimum absolute atomic E-state index is 0.158. The zero-order valence-corrected chi connectivity index (χ0v) is 17.5. The van der Waals surface area contributed by atoms with Crippen molar-refractivity contribution < 1.29 is 9.47 Å². The Labute approximate surface area is 160 Å². The van der Waals surface area contributed by atoms with Crippen molar-refractivity contribution >= 4 is 11.8 Å². The third-order valence-corrected chi connectivity index (χ3v) is 5.45. The summed E-state index contributed by atoms with van der Waals surface area (Å²) in [6, 6.07) is 6.15.